The maximum absolute atomic E-state index is 2.18. The molecule has 0 radical (unpaired) electrons. The van der Waals surface area contributed by atoms with Crippen LogP contribution in [0.2, 0.25) is 0 Å². The fourth-order valence-corrected chi connectivity index (χ4v) is 1.63. The maximum Gasteiger partial charge on any atom is -0.00943 e. The normalized spacial score (nSPS) is 11.3. The standard InChI is InChI=1S/C17H16/c1-4-10-16(11-5-1)14-8-3-9-15-17-12-6-2-7-13-17/h1-14H,15H2. The van der Waals surface area contributed by atoms with E-state index < -0.39 is 0 Å². The highest BCUT2D eigenvalue weighted by Crippen LogP contribution is 2.02. The van der Waals surface area contributed by atoms with Gasteiger partial charge in [0.2, 0.25) is 0 Å². The zero-order valence-electron chi connectivity index (χ0n) is 9.79. The Morgan fingerprint density at radius 2 is 1.35 bits per heavy atom. The van der Waals surface area contributed by atoms with Gasteiger partial charge in [0.1, 0.15) is 0 Å². The van der Waals surface area contributed by atoms with Crippen molar-refractivity contribution < 1.29 is 0 Å². The second-order valence-electron chi connectivity index (χ2n) is 3.89. The molecule has 0 heterocycles. The van der Waals surface area contributed by atoms with Crippen molar-refractivity contribution in [2.24, 2.45) is 0 Å². The largest absolute Gasteiger partial charge is 0.0801 e. The fourth-order valence-electron chi connectivity index (χ4n) is 1.63. The minimum Gasteiger partial charge on any atom is -0.0801 e. The number of hydrogen-bond donors (Lipinski definition) is 0. The first kappa shape index (κ1) is 11.4. The first-order valence-electron chi connectivity index (χ1n) is 5.87. The molecule has 84 valence electrons. The van der Waals surface area contributed by atoms with Crippen molar-refractivity contribution >= 4 is 6.08 Å². The van der Waals surface area contributed by atoms with E-state index in [-0.39, 0.29) is 0 Å². The van der Waals surface area contributed by atoms with Crippen LogP contribution in [0.1, 0.15) is 11.1 Å². The Hall–Kier alpha value is -2.08. The van der Waals surface area contributed by atoms with Crippen molar-refractivity contribution in [3.05, 3.63) is 90.0 Å². The molecule has 0 nitrogen and oxygen atoms in total. The van der Waals surface area contributed by atoms with E-state index >= 15 is 0 Å². The van der Waals surface area contributed by atoms with Crippen LogP contribution in [-0.4, -0.2) is 0 Å². The first-order valence-corrected chi connectivity index (χ1v) is 5.87. The van der Waals surface area contributed by atoms with E-state index in [4.69, 9.17) is 0 Å². The van der Waals surface area contributed by atoms with Crippen molar-refractivity contribution in [2.75, 3.05) is 0 Å². The number of allylic oxidation sites excluding steroid dienone is 3. The highest BCUT2D eigenvalue weighted by Gasteiger charge is 1.84. The third kappa shape index (κ3) is 4.12. The number of benzene rings is 2. The van der Waals surface area contributed by atoms with Crippen LogP contribution < -0.4 is 0 Å². The molecule has 0 spiro atoms. The molecule has 0 atom stereocenters. The van der Waals surface area contributed by atoms with Crippen LogP contribution in [-0.2, 0) is 6.42 Å². The molecule has 0 aliphatic carbocycles. The highest BCUT2D eigenvalue weighted by atomic mass is 13.9. The smallest absolute Gasteiger partial charge is 0.00943 e. The van der Waals surface area contributed by atoms with Crippen LogP contribution in [0.4, 0.5) is 0 Å². The van der Waals surface area contributed by atoms with E-state index in [1.807, 2.05) is 24.3 Å². The van der Waals surface area contributed by atoms with Gasteiger partial charge in [-0.3, -0.25) is 0 Å². The molecule has 2 aromatic carbocycles. The first-order chi connectivity index (χ1) is 8.45. The summed E-state index contributed by atoms with van der Waals surface area (Å²) in [6, 6.07) is 20.8. The Kier molecular flexibility index (Phi) is 4.36. The second kappa shape index (κ2) is 6.49. The summed E-state index contributed by atoms with van der Waals surface area (Å²) in [5.41, 5.74) is 2.58. The molecular weight excluding hydrogens is 204 g/mol. The predicted molar refractivity (Wildman–Crippen MR) is 74.8 cm³/mol. The second-order valence-corrected chi connectivity index (χ2v) is 3.89. The predicted octanol–water partition coefficient (Wildman–Crippen LogP) is 4.50. The summed E-state index contributed by atoms with van der Waals surface area (Å²) in [6.45, 7) is 0. The monoisotopic (exact) mass is 220 g/mol. The topological polar surface area (TPSA) is 0 Å². The highest BCUT2D eigenvalue weighted by molar-refractivity contribution is 5.50. The molecule has 0 saturated heterocycles. The summed E-state index contributed by atoms with van der Waals surface area (Å²) >= 11 is 0. The molecule has 0 saturated carbocycles. The van der Waals surface area contributed by atoms with Gasteiger partial charge in [0, 0.05) is 0 Å². The van der Waals surface area contributed by atoms with Gasteiger partial charge in [0.15, 0.2) is 0 Å². The molecule has 0 amide bonds. The van der Waals surface area contributed by atoms with E-state index in [9.17, 15) is 0 Å². The van der Waals surface area contributed by atoms with Gasteiger partial charge in [-0.1, -0.05) is 85.0 Å². The van der Waals surface area contributed by atoms with Crippen LogP contribution in [0.5, 0.6) is 0 Å². The van der Waals surface area contributed by atoms with Crippen LogP contribution in [0.3, 0.4) is 0 Å². The molecule has 0 heteroatoms. The van der Waals surface area contributed by atoms with E-state index in [2.05, 4.69) is 60.7 Å². The van der Waals surface area contributed by atoms with Gasteiger partial charge < -0.3 is 0 Å². The molecule has 0 aromatic heterocycles. The maximum atomic E-state index is 2.18. The summed E-state index contributed by atoms with van der Waals surface area (Å²) < 4.78 is 0. The molecule has 0 aliphatic rings. The third-order valence-electron chi connectivity index (χ3n) is 2.53. The van der Waals surface area contributed by atoms with E-state index in [1.165, 1.54) is 11.1 Å². The Morgan fingerprint density at radius 3 is 2.06 bits per heavy atom. The molecule has 0 bridgehead atoms. The lowest BCUT2D eigenvalue weighted by molar-refractivity contribution is 1.27. The lowest BCUT2D eigenvalue weighted by atomic mass is 10.1. The molecule has 0 N–H and O–H groups in total. The van der Waals surface area contributed by atoms with Crippen molar-refractivity contribution in [1.29, 1.82) is 0 Å². The quantitative estimate of drug-likeness (QED) is 0.665. The molecule has 0 fully saturated rings. The van der Waals surface area contributed by atoms with Gasteiger partial charge >= 0.3 is 0 Å². The SMILES string of the molecule is C(C=Cc1ccccc1)=CCc1ccccc1. The van der Waals surface area contributed by atoms with E-state index in [0.717, 1.165) is 6.42 Å². The third-order valence-corrected chi connectivity index (χ3v) is 2.53. The summed E-state index contributed by atoms with van der Waals surface area (Å²) in [4.78, 5) is 0. The van der Waals surface area contributed by atoms with Crippen LogP contribution >= 0.6 is 0 Å². The van der Waals surface area contributed by atoms with Gasteiger partial charge in [-0.25, -0.2) is 0 Å². The lowest BCUT2D eigenvalue weighted by Crippen LogP contribution is -1.77. The van der Waals surface area contributed by atoms with Crippen LogP contribution in [0.25, 0.3) is 6.08 Å². The Balaban J connectivity index is 1.85. The van der Waals surface area contributed by atoms with E-state index in [1.54, 1.807) is 0 Å². The average molecular weight is 220 g/mol. The van der Waals surface area contributed by atoms with Crippen molar-refractivity contribution in [3.63, 3.8) is 0 Å². The molecule has 2 aromatic rings. The van der Waals surface area contributed by atoms with Crippen LogP contribution in [0.15, 0.2) is 78.9 Å². The van der Waals surface area contributed by atoms with Crippen molar-refractivity contribution in [2.45, 2.75) is 6.42 Å². The zero-order chi connectivity index (χ0) is 11.8. The molecule has 2 rings (SSSR count). The summed E-state index contributed by atoms with van der Waals surface area (Å²) in [5.74, 6) is 0. The zero-order valence-corrected chi connectivity index (χ0v) is 9.79. The summed E-state index contributed by atoms with van der Waals surface area (Å²) in [7, 11) is 0. The Bertz CT molecular complexity index is 478. The Morgan fingerprint density at radius 1 is 0.706 bits per heavy atom. The summed E-state index contributed by atoms with van der Waals surface area (Å²) in [5, 5.41) is 0. The molecular formula is C17H16. The summed E-state index contributed by atoms with van der Waals surface area (Å²) in [6.07, 6.45) is 9.45. The van der Waals surface area contributed by atoms with E-state index in [0.29, 0.717) is 0 Å². The van der Waals surface area contributed by atoms with Crippen molar-refractivity contribution in [1.82, 2.24) is 0 Å². The average Bonchev–Trinajstić information content (AvgIpc) is 2.41. The number of rotatable bonds is 4. The van der Waals surface area contributed by atoms with Gasteiger partial charge in [0.05, 0.1) is 0 Å². The Labute approximate surface area is 103 Å². The van der Waals surface area contributed by atoms with Gasteiger partial charge in [-0.05, 0) is 17.5 Å². The van der Waals surface area contributed by atoms with Gasteiger partial charge in [0.25, 0.3) is 0 Å². The number of hydrogen-bond acceptors (Lipinski definition) is 0. The minimum absolute atomic E-state index is 0.986. The fraction of sp³-hybridized carbons (Fsp3) is 0.0588. The minimum atomic E-state index is 0.986. The van der Waals surface area contributed by atoms with Gasteiger partial charge in [-0.15, -0.1) is 0 Å². The van der Waals surface area contributed by atoms with Gasteiger partial charge in [-0.2, -0.15) is 0 Å². The molecule has 0 aliphatic heterocycles. The van der Waals surface area contributed by atoms with Crippen LogP contribution in [0, 0.1) is 0 Å². The lowest BCUT2D eigenvalue weighted by Gasteiger charge is -1.93. The molecule has 0 unspecified atom stereocenters. The molecule has 17 heavy (non-hydrogen) atoms. The van der Waals surface area contributed by atoms with Crippen molar-refractivity contribution in [3.8, 4) is 0 Å².